The number of aromatic nitrogens is 1. The maximum absolute atomic E-state index is 13.3. The van der Waals surface area contributed by atoms with Crippen molar-refractivity contribution in [3.8, 4) is 11.8 Å². The smallest absolute Gasteiger partial charge is 0.323 e. The molecule has 0 radical (unpaired) electrons. The number of benzene rings is 2. The van der Waals surface area contributed by atoms with Crippen molar-refractivity contribution >= 4 is 39.4 Å². The summed E-state index contributed by atoms with van der Waals surface area (Å²) in [6.45, 7) is 4.21. The molecule has 2 heterocycles. The van der Waals surface area contributed by atoms with Crippen LogP contribution in [-0.2, 0) is 26.1 Å². The Morgan fingerprint density at radius 1 is 1.19 bits per heavy atom. The average molecular weight is 609 g/mol. The number of nitriles is 1. The molecule has 1 aliphatic heterocycles. The molecule has 3 aromatic rings. The van der Waals surface area contributed by atoms with E-state index in [2.05, 4.69) is 22.0 Å². The van der Waals surface area contributed by atoms with Crippen molar-refractivity contribution in [2.75, 3.05) is 36.3 Å². The van der Waals surface area contributed by atoms with Crippen molar-refractivity contribution in [2.24, 2.45) is 0 Å². The Morgan fingerprint density at radius 2 is 2.00 bits per heavy atom. The highest BCUT2D eigenvalue weighted by atomic mass is 35.5. The Bertz CT molecular complexity index is 1530. The standard InChI is InChI=1S/C31H33ClN4O5S/c1-2-40-31(37)23-42(38,39)36(15-5-9-24-6-3-7-25(18-24)20-33)27-10-11-30(29(32)19-27)41-28-12-16-35(17-13-28)22-26-8-4-14-34-21-26/h3-11,14,18-19,21,28H,2,12-13,15-17,22-23H2,1H3. The minimum atomic E-state index is -4.11. The lowest BCUT2D eigenvalue weighted by molar-refractivity contribution is -0.139. The van der Waals surface area contributed by atoms with Crippen LogP contribution in [0.5, 0.6) is 5.75 Å². The maximum Gasteiger partial charge on any atom is 0.323 e. The molecule has 1 aromatic heterocycles. The van der Waals surface area contributed by atoms with E-state index in [0.717, 1.165) is 42.3 Å². The van der Waals surface area contributed by atoms with Gasteiger partial charge in [-0.3, -0.25) is 19.0 Å². The lowest BCUT2D eigenvalue weighted by Gasteiger charge is -2.32. The van der Waals surface area contributed by atoms with Crippen molar-refractivity contribution in [3.63, 3.8) is 0 Å². The first-order valence-corrected chi connectivity index (χ1v) is 15.7. The quantitative estimate of drug-likeness (QED) is 0.262. The van der Waals surface area contributed by atoms with E-state index in [0.29, 0.717) is 17.0 Å². The van der Waals surface area contributed by atoms with Gasteiger partial charge in [-0.15, -0.1) is 0 Å². The molecule has 1 aliphatic rings. The first-order valence-electron chi connectivity index (χ1n) is 13.7. The first kappa shape index (κ1) is 31.0. The summed E-state index contributed by atoms with van der Waals surface area (Å²) in [6.07, 6.45) is 8.65. The van der Waals surface area contributed by atoms with E-state index < -0.39 is 21.7 Å². The molecule has 0 aliphatic carbocycles. The summed E-state index contributed by atoms with van der Waals surface area (Å²) >= 11 is 6.59. The molecule has 11 heteroatoms. The highest BCUT2D eigenvalue weighted by Crippen LogP contribution is 2.33. The molecule has 0 unspecified atom stereocenters. The molecular formula is C31H33ClN4O5S. The monoisotopic (exact) mass is 608 g/mol. The molecule has 9 nitrogen and oxygen atoms in total. The highest BCUT2D eigenvalue weighted by molar-refractivity contribution is 7.93. The number of halogens is 1. The number of esters is 1. The summed E-state index contributed by atoms with van der Waals surface area (Å²) in [5.74, 6) is -1.18. The van der Waals surface area contributed by atoms with Crippen LogP contribution in [0.2, 0.25) is 5.02 Å². The van der Waals surface area contributed by atoms with Gasteiger partial charge in [0.1, 0.15) is 11.9 Å². The molecule has 1 saturated heterocycles. The van der Waals surface area contributed by atoms with E-state index >= 15 is 0 Å². The van der Waals surface area contributed by atoms with Crippen molar-refractivity contribution in [3.05, 3.63) is 94.8 Å². The van der Waals surface area contributed by atoms with E-state index in [1.165, 1.54) is 11.6 Å². The number of ether oxygens (including phenoxy) is 2. The van der Waals surface area contributed by atoms with Crippen LogP contribution in [0.15, 0.2) is 73.1 Å². The second-order valence-electron chi connectivity index (χ2n) is 9.80. The zero-order chi connectivity index (χ0) is 30.0. The fourth-order valence-electron chi connectivity index (χ4n) is 4.66. The fraction of sp³-hybridized carbons (Fsp3) is 0.323. The fourth-order valence-corrected chi connectivity index (χ4v) is 6.16. The predicted octanol–water partition coefficient (Wildman–Crippen LogP) is 5.06. The predicted molar refractivity (Wildman–Crippen MR) is 163 cm³/mol. The summed E-state index contributed by atoms with van der Waals surface area (Å²) in [7, 11) is -4.11. The number of nitrogens with zero attached hydrogens (tertiary/aromatic N) is 4. The molecule has 0 N–H and O–H groups in total. The van der Waals surface area contributed by atoms with E-state index in [1.807, 2.05) is 12.3 Å². The normalized spacial score (nSPS) is 14.4. The SMILES string of the molecule is CCOC(=O)CS(=O)(=O)N(CC=Cc1cccc(C#N)c1)c1ccc(OC2CCN(Cc3cccnc3)CC2)c(Cl)c1. The van der Waals surface area contributed by atoms with Crippen molar-refractivity contribution in [1.29, 1.82) is 5.26 Å². The maximum atomic E-state index is 13.3. The van der Waals surface area contributed by atoms with Crippen molar-refractivity contribution < 1.29 is 22.7 Å². The summed E-state index contributed by atoms with van der Waals surface area (Å²) < 4.78 is 38.8. The van der Waals surface area contributed by atoms with Crippen LogP contribution in [-0.4, -0.2) is 62.4 Å². The number of hydrogen-bond donors (Lipinski definition) is 0. The zero-order valence-corrected chi connectivity index (χ0v) is 24.9. The average Bonchev–Trinajstić information content (AvgIpc) is 2.98. The zero-order valence-electron chi connectivity index (χ0n) is 23.4. The largest absolute Gasteiger partial charge is 0.489 e. The minimum Gasteiger partial charge on any atom is -0.489 e. The Balaban J connectivity index is 1.46. The van der Waals surface area contributed by atoms with E-state index in [4.69, 9.17) is 26.3 Å². The molecule has 0 bridgehead atoms. The first-order chi connectivity index (χ1) is 20.3. The number of anilines is 1. The molecule has 0 amide bonds. The number of sulfonamides is 1. The van der Waals surface area contributed by atoms with Gasteiger partial charge in [-0.2, -0.15) is 5.26 Å². The van der Waals surface area contributed by atoms with E-state index in [-0.39, 0.29) is 24.3 Å². The molecule has 0 spiro atoms. The van der Waals surface area contributed by atoms with Crippen LogP contribution < -0.4 is 9.04 Å². The van der Waals surface area contributed by atoms with Gasteiger partial charge in [0.2, 0.25) is 10.0 Å². The molecule has 2 aromatic carbocycles. The van der Waals surface area contributed by atoms with E-state index in [9.17, 15) is 13.2 Å². The minimum absolute atomic E-state index is 0.0192. The molecule has 1 fully saturated rings. The lowest BCUT2D eigenvalue weighted by Crippen LogP contribution is -2.38. The molecule has 0 saturated carbocycles. The van der Waals surface area contributed by atoms with Crippen LogP contribution >= 0.6 is 11.6 Å². The third-order valence-electron chi connectivity index (χ3n) is 6.70. The van der Waals surface area contributed by atoms with Gasteiger partial charge in [0.05, 0.1) is 35.5 Å². The third-order valence-corrected chi connectivity index (χ3v) is 8.63. The van der Waals surface area contributed by atoms with Crippen LogP contribution in [0.3, 0.4) is 0 Å². The Hall–Kier alpha value is -3.91. The highest BCUT2D eigenvalue weighted by Gasteiger charge is 2.27. The number of carbonyl (C=O) groups excluding carboxylic acids is 1. The Labute approximate surface area is 252 Å². The van der Waals surface area contributed by atoms with Gasteiger partial charge in [0.15, 0.2) is 5.75 Å². The number of carbonyl (C=O) groups is 1. The third kappa shape index (κ3) is 8.79. The molecule has 220 valence electrons. The topological polar surface area (TPSA) is 113 Å². The van der Waals surface area contributed by atoms with Crippen LogP contribution in [0.4, 0.5) is 5.69 Å². The molecule has 4 rings (SSSR count). The number of likely N-dealkylation sites (tertiary alicyclic amines) is 1. The number of hydrogen-bond acceptors (Lipinski definition) is 8. The summed E-state index contributed by atoms with van der Waals surface area (Å²) in [5, 5.41) is 9.41. The van der Waals surface area contributed by atoms with Crippen LogP contribution in [0, 0.1) is 11.3 Å². The number of rotatable bonds is 12. The lowest BCUT2D eigenvalue weighted by atomic mass is 10.1. The second kappa shape index (κ2) is 14.8. The Kier molecular flexibility index (Phi) is 11.0. The summed E-state index contributed by atoms with van der Waals surface area (Å²) in [4.78, 5) is 18.6. The van der Waals surface area contributed by atoms with Gasteiger partial charge in [0.25, 0.3) is 0 Å². The van der Waals surface area contributed by atoms with Gasteiger partial charge in [-0.05, 0) is 67.3 Å². The van der Waals surface area contributed by atoms with E-state index in [1.54, 1.807) is 61.7 Å². The molecule has 0 atom stereocenters. The molecular weight excluding hydrogens is 576 g/mol. The number of piperidine rings is 1. The Morgan fingerprint density at radius 3 is 2.69 bits per heavy atom. The van der Waals surface area contributed by atoms with Crippen LogP contribution in [0.1, 0.15) is 36.5 Å². The van der Waals surface area contributed by atoms with Gasteiger partial charge < -0.3 is 9.47 Å². The van der Waals surface area contributed by atoms with Crippen LogP contribution in [0.25, 0.3) is 6.08 Å². The summed E-state index contributed by atoms with van der Waals surface area (Å²) in [5.41, 5.74) is 2.69. The van der Waals surface area contributed by atoms with Crippen molar-refractivity contribution in [2.45, 2.75) is 32.4 Å². The van der Waals surface area contributed by atoms with Gasteiger partial charge in [-0.25, -0.2) is 8.42 Å². The second-order valence-corrected chi connectivity index (χ2v) is 12.1. The van der Waals surface area contributed by atoms with Gasteiger partial charge in [0, 0.05) is 32.0 Å². The van der Waals surface area contributed by atoms with Crippen molar-refractivity contribution in [1.82, 2.24) is 9.88 Å². The summed E-state index contributed by atoms with van der Waals surface area (Å²) in [6, 6.07) is 17.8. The van der Waals surface area contributed by atoms with Gasteiger partial charge in [-0.1, -0.05) is 42.0 Å². The van der Waals surface area contributed by atoms with Gasteiger partial charge >= 0.3 is 5.97 Å². The molecule has 42 heavy (non-hydrogen) atoms. The number of pyridine rings is 1.